The number of thiophene rings is 1. The highest BCUT2D eigenvalue weighted by molar-refractivity contribution is 7.11. The minimum Gasteiger partial charge on any atom is -0.354 e. The fourth-order valence-electron chi connectivity index (χ4n) is 4.21. The molecule has 3 fully saturated rings. The standard InChI is InChI=1S/C18H27N3OS/c1-12-3-6-15(23-12)10-21-9-14-7-16(20(2)17(14)11-21)18(22)19-8-13-4-5-13/h3,6,13-14,16-17H,4-5,7-11H2,1-2H3,(H,19,22)/t14-,16+,17+/m0/s1. The molecule has 1 saturated carbocycles. The highest BCUT2D eigenvalue weighted by Gasteiger charge is 2.47. The summed E-state index contributed by atoms with van der Waals surface area (Å²) in [4.78, 5) is 20.2. The average molecular weight is 334 g/mol. The van der Waals surface area contributed by atoms with Crippen LogP contribution in [0.4, 0.5) is 0 Å². The Bertz CT molecular complexity index is 583. The lowest BCUT2D eigenvalue weighted by atomic mass is 10.0. The summed E-state index contributed by atoms with van der Waals surface area (Å²) in [6, 6.07) is 5.11. The van der Waals surface area contributed by atoms with Crippen LogP contribution in [0.15, 0.2) is 12.1 Å². The van der Waals surface area contributed by atoms with Gasteiger partial charge in [-0.25, -0.2) is 0 Å². The van der Waals surface area contributed by atoms with Gasteiger partial charge in [0.25, 0.3) is 0 Å². The van der Waals surface area contributed by atoms with Gasteiger partial charge in [-0.1, -0.05) is 0 Å². The Morgan fingerprint density at radius 3 is 2.83 bits per heavy atom. The van der Waals surface area contributed by atoms with Crippen molar-refractivity contribution < 1.29 is 4.79 Å². The van der Waals surface area contributed by atoms with Crippen LogP contribution in [-0.4, -0.2) is 54.5 Å². The topological polar surface area (TPSA) is 35.6 Å². The number of nitrogens with zero attached hydrogens (tertiary/aromatic N) is 2. The maximum atomic E-state index is 12.4. The van der Waals surface area contributed by atoms with E-state index in [1.54, 1.807) is 0 Å². The van der Waals surface area contributed by atoms with Crippen molar-refractivity contribution in [1.29, 1.82) is 0 Å². The second-order valence-corrected chi connectivity index (χ2v) is 9.01. The van der Waals surface area contributed by atoms with Crippen LogP contribution < -0.4 is 5.32 Å². The molecule has 126 valence electrons. The molecule has 0 bridgehead atoms. The van der Waals surface area contributed by atoms with Gasteiger partial charge in [-0.15, -0.1) is 11.3 Å². The molecule has 4 nitrogen and oxygen atoms in total. The van der Waals surface area contributed by atoms with Crippen LogP contribution in [-0.2, 0) is 11.3 Å². The van der Waals surface area contributed by atoms with Gasteiger partial charge >= 0.3 is 0 Å². The highest BCUT2D eigenvalue weighted by Crippen LogP contribution is 2.36. The molecule has 1 aliphatic carbocycles. The molecule has 5 heteroatoms. The van der Waals surface area contributed by atoms with Gasteiger partial charge in [-0.3, -0.25) is 14.6 Å². The van der Waals surface area contributed by atoms with Crippen LogP contribution in [0.25, 0.3) is 0 Å². The number of nitrogens with one attached hydrogen (secondary N) is 1. The smallest absolute Gasteiger partial charge is 0.237 e. The van der Waals surface area contributed by atoms with Gasteiger partial charge in [0.2, 0.25) is 5.91 Å². The third-order valence-corrected chi connectivity index (χ3v) is 6.75. The number of aryl methyl sites for hydroxylation is 1. The summed E-state index contributed by atoms with van der Waals surface area (Å²) in [7, 11) is 2.14. The van der Waals surface area contributed by atoms with Gasteiger partial charge in [0.1, 0.15) is 0 Å². The lowest BCUT2D eigenvalue weighted by molar-refractivity contribution is -0.125. The van der Waals surface area contributed by atoms with Crippen LogP contribution in [0.2, 0.25) is 0 Å². The van der Waals surface area contributed by atoms with E-state index in [4.69, 9.17) is 0 Å². The summed E-state index contributed by atoms with van der Waals surface area (Å²) >= 11 is 1.90. The van der Waals surface area contributed by atoms with E-state index in [2.05, 4.69) is 41.2 Å². The SMILES string of the molecule is Cc1ccc(CN2C[C@@H]3C[C@H](C(=O)NCC4CC4)N(C)[C@@H]3C2)s1. The van der Waals surface area contributed by atoms with Gasteiger partial charge in [0.15, 0.2) is 0 Å². The Hall–Kier alpha value is -0.910. The van der Waals surface area contributed by atoms with Crippen molar-refractivity contribution in [3.8, 4) is 0 Å². The Kier molecular flexibility index (Phi) is 4.20. The normalized spacial score (nSPS) is 31.5. The highest BCUT2D eigenvalue weighted by atomic mass is 32.1. The van der Waals surface area contributed by atoms with Crippen LogP contribution in [0.3, 0.4) is 0 Å². The summed E-state index contributed by atoms with van der Waals surface area (Å²) in [5, 5.41) is 3.17. The van der Waals surface area contributed by atoms with E-state index < -0.39 is 0 Å². The number of carbonyl (C=O) groups excluding carboxylic acids is 1. The van der Waals surface area contributed by atoms with Crippen LogP contribution in [0, 0.1) is 18.8 Å². The molecular weight excluding hydrogens is 306 g/mol. The molecule has 0 spiro atoms. The molecule has 1 N–H and O–H groups in total. The zero-order valence-electron chi connectivity index (χ0n) is 14.1. The summed E-state index contributed by atoms with van der Waals surface area (Å²) in [6.07, 6.45) is 3.62. The van der Waals surface area contributed by atoms with Crippen LogP contribution in [0.5, 0.6) is 0 Å². The molecule has 0 radical (unpaired) electrons. The van der Waals surface area contributed by atoms with E-state index >= 15 is 0 Å². The number of carbonyl (C=O) groups is 1. The zero-order chi connectivity index (χ0) is 16.0. The summed E-state index contributed by atoms with van der Waals surface area (Å²) < 4.78 is 0. The molecule has 1 aromatic heterocycles. The van der Waals surface area contributed by atoms with Crippen LogP contribution in [0.1, 0.15) is 29.0 Å². The lowest BCUT2D eigenvalue weighted by Crippen LogP contribution is -2.46. The summed E-state index contributed by atoms with van der Waals surface area (Å²) in [5.41, 5.74) is 0. The first kappa shape index (κ1) is 15.6. The van der Waals surface area contributed by atoms with Gasteiger partial charge in [-0.2, -0.15) is 0 Å². The third kappa shape index (κ3) is 3.32. The molecule has 3 heterocycles. The molecule has 1 aromatic rings. The van der Waals surface area contributed by atoms with E-state index in [9.17, 15) is 4.79 Å². The minimum absolute atomic E-state index is 0.0925. The zero-order valence-corrected chi connectivity index (χ0v) is 14.9. The van der Waals surface area contributed by atoms with Crippen molar-refractivity contribution in [3.05, 3.63) is 21.9 Å². The predicted octanol–water partition coefficient (Wildman–Crippen LogP) is 2.09. The number of fused-ring (bicyclic) bond motifs is 1. The molecular formula is C18H27N3OS. The van der Waals surface area contributed by atoms with E-state index in [0.717, 1.165) is 38.5 Å². The second kappa shape index (κ2) is 6.19. The maximum Gasteiger partial charge on any atom is 0.237 e. The van der Waals surface area contributed by atoms with Crippen molar-refractivity contribution in [3.63, 3.8) is 0 Å². The van der Waals surface area contributed by atoms with Gasteiger partial charge in [0, 0.05) is 42.0 Å². The molecule has 0 aromatic carbocycles. The maximum absolute atomic E-state index is 12.4. The lowest BCUT2D eigenvalue weighted by Gasteiger charge is -2.26. The first-order valence-corrected chi connectivity index (χ1v) is 9.69. The van der Waals surface area contributed by atoms with Gasteiger partial charge in [-0.05, 0) is 57.2 Å². The number of likely N-dealkylation sites (N-methyl/N-ethyl adjacent to an activating group) is 1. The Balaban J connectivity index is 1.31. The fraction of sp³-hybridized carbons (Fsp3) is 0.722. The summed E-state index contributed by atoms with van der Waals surface area (Å²) in [5.74, 6) is 1.67. The van der Waals surface area contributed by atoms with Crippen molar-refractivity contribution in [2.45, 2.75) is 44.8 Å². The van der Waals surface area contributed by atoms with E-state index in [1.165, 1.54) is 22.6 Å². The average Bonchev–Trinajstić information content (AvgIpc) is 3.02. The van der Waals surface area contributed by atoms with Crippen molar-refractivity contribution in [2.24, 2.45) is 11.8 Å². The number of amides is 1. The molecule has 4 rings (SSSR count). The third-order valence-electron chi connectivity index (χ3n) is 5.76. The number of hydrogen-bond acceptors (Lipinski definition) is 4. The molecule has 1 amide bonds. The number of rotatable bonds is 5. The van der Waals surface area contributed by atoms with Gasteiger partial charge in [0.05, 0.1) is 6.04 Å². The second-order valence-electron chi connectivity index (χ2n) is 7.64. The fourth-order valence-corrected chi connectivity index (χ4v) is 5.15. The molecule has 2 aliphatic heterocycles. The van der Waals surface area contributed by atoms with E-state index in [1.807, 2.05) is 11.3 Å². The summed E-state index contributed by atoms with van der Waals surface area (Å²) in [6.45, 7) is 6.37. The van der Waals surface area contributed by atoms with E-state index in [0.29, 0.717) is 12.0 Å². The molecule has 3 aliphatic rings. The van der Waals surface area contributed by atoms with Crippen molar-refractivity contribution >= 4 is 17.2 Å². The molecule has 23 heavy (non-hydrogen) atoms. The van der Waals surface area contributed by atoms with Crippen LogP contribution >= 0.6 is 11.3 Å². The van der Waals surface area contributed by atoms with Crippen molar-refractivity contribution in [2.75, 3.05) is 26.7 Å². The first-order valence-electron chi connectivity index (χ1n) is 8.87. The quantitative estimate of drug-likeness (QED) is 0.896. The molecule has 2 saturated heterocycles. The predicted molar refractivity (Wildman–Crippen MR) is 93.5 cm³/mol. The minimum atomic E-state index is 0.0925. The van der Waals surface area contributed by atoms with E-state index in [-0.39, 0.29) is 11.9 Å². The number of likely N-dealkylation sites (tertiary alicyclic amines) is 2. The largest absolute Gasteiger partial charge is 0.354 e. The molecule has 3 atom stereocenters. The monoisotopic (exact) mass is 333 g/mol. The Morgan fingerprint density at radius 1 is 1.35 bits per heavy atom. The number of hydrogen-bond donors (Lipinski definition) is 1. The van der Waals surface area contributed by atoms with Crippen molar-refractivity contribution in [1.82, 2.24) is 15.1 Å². The Labute approximate surface area is 142 Å². The van der Waals surface area contributed by atoms with Gasteiger partial charge < -0.3 is 5.32 Å². The Morgan fingerprint density at radius 2 is 2.17 bits per heavy atom. The molecule has 0 unspecified atom stereocenters. The first-order chi connectivity index (χ1) is 11.1.